The van der Waals surface area contributed by atoms with Crippen LogP contribution in [0.2, 0.25) is 5.15 Å². The number of nitrogens with zero attached hydrogens (tertiary/aromatic N) is 2. The van der Waals surface area contributed by atoms with E-state index < -0.39 is 0 Å². The Hall–Kier alpha value is -0.800. The van der Waals surface area contributed by atoms with Crippen LogP contribution in [0.15, 0.2) is 34.8 Å². The van der Waals surface area contributed by atoms with Crippen LogP contribution in [0.5, 0.6) is 0 Å². The number of halogens is 2. The fraction of sp³-hybridized carbons (Fsp3) is 0.100. The van der Waals surface area contributed by atoms with Gasteiger partial charge in [-0.25, -0.2) is 0 Å². The molecule has 0 spiro atoms. The van der Waals surface area contributed by atoms with Crippen LogP contribution < -0.4 is 0 Å². The molecule has 2 aromatic rings. The minimum absolute atomic E-state index is 0.635. The predicted molar refractivity (Wildman–Crippen MR) is 61.4 cm³/mol. The van der Waals surface area contributed by atoms with Gasteiger partial charge in [-0.2, -0.15) is 5.10 Å². The van der Waals surface area contributed by atoms with Gasteiger partial charge in [-0.1, -0.05) is 45.7 Å². The lowest BCUT2D eigenvalue weighted by atomic mass is 10.2. The third-order valence-corrected chi connectivity index (χ3v) is 3.02. The molecule has 0 N–H and O–H groups in total. The number of aromatic nitrogens is 2. The van der Waals surface area contributed by atoms with E-state index in [-0.39, 0.29) is 0 Å². The first-order chi connectivity index (χ1) is 6.68. The Balaban J connectivity index is 2.55. The highest BCUT2D eigenvalue weighted by Gasteiger charge is 2.07. The van der Waals surface area contributed by atoms with Gasteiger partial charge in [-0.15, -0.1) is 0 Å². The van der Waals surface area contributed by atoms with Crippen molar-refractivity contribution in [2.24, 2.45) is 7.05 Å². The highest BCUT2D eigenvalue weighted by atomic mass is 79.9. The maximum atomic E-state index is 5.92. The van der Waals surface area contributed by atoms with Crippen LogP contribution in [0.1, 0.15) is 0 Å². The monoisotopic (exact) mass is 270 g/mol. The zero-order chi connectivity index (χ0) is 10.1. The van der Waals surface area contributed by atoms with Crippen molar-refractivity contribution in [1.29, 1.82) is 0 Å². The second-order valence-corrected chi connectivity index (χ2v) is 4.20. The fourth-order valence-corrected chi connectivity index (χ4v) is 1.87. The van der Waals surface area contributed by atoms with E-state index in [2.05, 4.69) is 21.0 Å². The first-order valence-electron chi connectivity index (χ1n) is 4.13. The van der Waals surface area contributed by atoms with Crippen molar-refractivity contribution in [3.63, 3.8) is 0 Å². The molecule has 2 nitrogen and oxygen atoms in total. The number of benzene rings is 1. The van der Waals surface area contributed by atoms with E-state index in [4.69, 9.17) is 11.6 Å². The van der Waals surface area contributed by atoms with Gasteiger partial charge in [0.2, 0.25) is 0 Å². The summed E-state index contributed by atoms with van der Waals surface area (Å²) < 4.78 is 2.67. The van der Waals surface area contributed by atoms with Gasteiger partial charge in [0.1, 0.15) is 5.15 Å². The van der Waals surface area contributed by atoms with Crippen LogP contribution in [-0.4, -0.2) is 9.78 Å². The second-order valence-electron chi connectivity index (χ2n) is 2.96. The van der Waals surface area contributed by atoms with E-state index in [0.29, 0.717) is 5.15 Å². The standard InChI is InChI=1S/C10H8BrClN2/c1-14-10(12)6-9(13-14)7-4-2-3-5-8(7)11/h2-6H,1H3. The second kappa shape index (κ2) is 3.75. The van der Waals surface area contributed by atoms with Crippen molar-refractivity contribution in [2.45, 2.75) is 0 Å². The van der Waals surface area contributed by atoms with Crippen molar-refractivity contribution in [1.82, 2.24) is 9.78 Å². The van der Waals surface area contributed by atoms with Gasteiger partial charge >= 0.3 is 0 Å². The number of rotatable bonds is 1. The van der Waals surface area contributed by atoms with Crippen LogP contribution >= 0.6 is 27.5 Å². The molecule has 0 radical (unpaired) electrons. The lowest BCUT2D eigenvalue weighted by Crippen LogP contribution is -1.89. The summed E-state index contributed by atoms with van der Waals surface area (Å²) in [5, 5.41) is 4.93. The zero-order valence-corrected chi connectivity index (χ0v) is 9.88. The molecule has 0 bridgehead atoms. The summed E-state index contributed by atoms with van der Waals surface area (Å²) in [6, 6.07) is 9.78. The summed E-state index contributed by atoms with van der Waals surface area (Å²) in [5.41, 5.74) is 1.93. The van der Waals surface area contributed by atoms with Crippen molar-refractivity contribution in [2.75, 3.05) is 0 Å². The molecule has 0 aliphatic carbocycles. The lowest BCUT2D eigenvalue weighted by molar-refractivity contribution is 0.772. The van der Waals surface area contributed by atoms with Gasteiger partial charge in [0.15, 0.2) is 0 Å². The largest absolute Gasteiger partial charge is 0.256 e. The Bertz CT molecular complexity index is 445. The molecule has 0 aliphatic rings. The summed E-state index contributed by atoms with van der Waals surface area (Å²) in [7, 11) is 1.82. The van der Waals surface area contributed by atoms with E-state index in [1.807, 2.05) is 37.4 Å². The fourth-order valence-electron chi connectivity index (χ4n) is 1.25. The first kappa shape index (κ1) is 9.74. The minimum atomic E-state index is 0.635. The van der Waals surface area contributed by atoms with Crippen LogP contribution in [-0.2, 0) is 7.05 Å². The van der Waals surface area contributed by atoms with Gasteiger partial charge in [0, 0.05) is 23.2 Å². The van der Waals surface area contributed by atoms with E-state index in [0.717, 1.165) is 15.7 Å². The van der Waals surface area contributed by atoms with Crippen molar-refractivity contribution >= 4 is 27.5 Å². The van der Waals surface area contributed by atoms with Gasteiger partial charge in [-0.3, -0.25) is 4.68 Å². The molecule has 1 aromatic heterocycles. The van der Waals surface area contributed by atoms with Crippen LogP contribution in [0.3, 0.4) is 0 Å². The Morgan fingerprint density at radius 1 is 1.36 bits per heavy atom. The van der Waals surface area contributed by atoms with Gasteiger partial charge < -0.3 is 0 Å². The number of aryl methyl sites for hydroxylation is 1. The lowest BCUT2D eigenvalue weighted by Gasteiger charge is -1.98. The molecule has 0 fully saturated rings. The van der Waals surface area contributed by atoms with Crippen molar-refractivity contribution in [3.05, 3.63) is 40.0 Å². The normalized spacial score (nSPS) is 10.5. The molecule has 0 amide bonds. The maximum Gasteiger partial charge on any atom is 0.127 e. The van der Waals surface area contributed by atoms with E-state index >= 15 is 0 Å². The topological polar surface area (TPSA) is 17.8 Å². The number of hydrogen-bond donors (Lipinski definition) is 0. The van der Waals surface area contributed by atoms with E-state index in [1.165, 1.54) is 0 Å². The summed E-state index contributed by atoms with van der Waals surface area (Å²) >= 11 is 9.39. The zero-order valence-electron chi connectivity index (χ0n) is 7.54. The molecule has 1 heterocycles. The van der Waals surface area contributed by atoms with Gasteiger partial charge in [-0.05, 0) is 6.07 Å². The van der Waals surface area contributed by atoms with Crippen LogP contribution in [0.4, 0.5) is 0 Å². The molecule has 2 rings (SSSR count). The first-order valence-corrected chi connectivity index (χ1v) is 5.30. The highest BCUT2D eigenvalue weighted by molar-refractivity contribution is 9.10. The molecular formula is C10H8BrClN2. The molecule has 14 heavy (non-hydrogen) atoms. The van der Waals surface area contributed by atoms with Crippen molar-refractivity contribution < 1.29 is 0 Å². The maximum absolute atomic E-state index is 5.92. The quantitative estimate of drug-likeness (QED) is 0.776. The Kier molecular flexibility index (Phi) is 2.61. The van der Waals surface area contributed by atoms with Crippen molar-refractivity contribution in [3.8, 4) is 11.3 Å². The van der Waals surface area contributed by atoms with Gasteiger partial charge in [0.25, 0.3) is 0 Å². The van der Waals surface area contributed by atoms with Crippen LogP contribution in [0, 0.1) is 0 Å². The Morgan fingerprint density at radius 2 is 2.07 bits per heavy atom. The Labute approximate surface area is 95.6 Å². The Morgan fingerprint density at radius 3 is 2.64 bits per heavy atom. The molecule has 0 saturated heterocycles. The smallest absolute Gasteiger partial charge is 0.127 e. The summed E-state index contributed by atoms with van der Waals surface area (Å²) in [6.07, 6.45) is 0. The molecule has 4 heteroatoms. The highest BCUT2D eigenvalue weighted by Crippen LogP contribution is 2.28. The summed E-state index contributed by atoms with van der Waals surface area (Å²) in [6.45, 7) is 0. The SMILES string of the molecule is Cn1nc(-c2ccccc2Br)cc1Cl. The third-order valence-electron chi connectivity index (χ3n) is 1.97. The molecule has 1 aromatic carbocycles. The molecule has 0 unspecified atom stereocenters. The average molecular weight is 272 g/mol. The minimum Gasteiger partial charge on any atom is -0.256 e. The number of hydrogen-bond acceptors (Lipinski definition) is 1. The third kappa shape index (κ3) is 1.70. The van der Waals surface area contributed by atoms with E-state index in [1.54, 1.807) is 4.68 Å². The van der Waals surface area contributed by atoms with Gasteiger partial charge in [0.05, 0.1) is 5.69 Å². The van der Waals surface area contributed by atoms with Crippen LogP contribution in [0.25, 0.3) is 11.3 Å². The summed E-state index contributed by atoms with van der Waals surface area (Å²) in [4.78, 5) is 0. The predicted octanol–water partition coefficient (Wildman–Crippen LogP) is 3.50. The summed E-state index contributed by atoms with van der Waals surface area (Å²) in [5.74, 6) is 0. The molecule has 0 saturated carbocycles. The molecule has 0 aliphatic heterocycles. The average Bonchev–Trinajstić information content (AvgIpc) is 2.48. The molecule has 0 atom stereocenters. The van der Waals surface area contributed by atoms with E-state index in [9.17, 15) is 0 Å². The molecule has 72 valence electrons. The molecular weight excluding hydrogens is 263 g/mol.